The second kappa shape index (κ2) is 6.15. The Balaban J connectivity index is 2.38. The Hall–Kier alpha value is -1.05. The van der Waals surface area contributed by atoms with Gasteiger partial charge in [-0.25, -0.2) is 0 Å². The lowest BCUT2D eigenvalue weighted by Gasteiger charge is -2.38. The van der Waals surface area contributed by atoms with Crippen molar-refractivity contribution in [3.63, 3.8) is 0 Å². The third kappa shape index (κ3) is 2.84. The maximum absolute atomic E-state index is 10.8. The molecule has 0 amide bonds. The van der Waals surface area contributed by atoms with Crippen molar-refractivity contribution >= 4 is 15.9 Å². The first-order valence-corrected chi connectivity index (χ1v) is 7.74. The third-order valence-electron chi connectivity index (χ3n) is 4.28. The standard InChI is InChI=1S/C16H20BrNO2/c1-11-4-3-7-16(9-11,10-18)15(19)13-8-12(20-2)5-6-14(13)17/h5-6,8,11,15,19H,3-4,7,9H2,1-2H3. The van der Waals surface area contributed by atoms with Crippen LogP contribution in [0.5, 0.6) is 5.75 Å². The molecule has 2 rings (SSSR count). The van der Waals surface area contributed by atoms with Crippen molar-refractivity contribution < 1.29 is 9.84 Å². The lowest BCUT2D eigenvalue weighted by molar-refractivity contribution is 0.0213. The van der Waals surface area contributed by atoms with E-state index >= 15 is 0 Å². The van der Waals surface area contributed by atoms with Crippen molar-refractivity contribution in [1.82, 2.24) is 0 Å². The predicted octanol–water partition coefficient (Wildman–Crippen LogP) is 4.21. The fraction of sp³-hybridized carbons (Fsp3) is 0.562. The van der Waals surface area contributed by atoms with Gasteiger partial charge in [-0.15, -0.1) is 0 Å². The molecule has 0 saturated heterocycles. The number of rotatable bonds is 3. The molecule has 0 aromatic heterocycles. The van der Waals surface area contributed by atoms with Crippen molar-refractivity contribution in [2.24, 2.45) is 11.3 Å². The molecule has 3 atom stereocenters. The average molecular weight is 338 g/mol. The van der Waals surface area contributed by atoms with Gasteiger partial charge in [0.05, 0.1) is 24.7 Å². The molecule has 20 heavy (non-hydrogen) atoms. The number of nitrogens with zero attached hydrogens (tertiary/aromatic N) is 1. The fourth-order valence-electron chi connectivity index (χ4n) is 3.16. The molecule has 1 saturated carbocycles. The van der Waals surface area contributed by atoms with Crippen LogP contribution in [-0.4, -0.2) is 12.2 Å². The van der Waals surface area contributed by atoms with Gasteiger partial charge >= 0.3 is 0 Å². The minimum atomic E-state index is -0.792. The van der Waals surface area contributed by atoms with Crippen LogP contribution in [0.1, 0.15) is 44.3 Å². The van der Waals surface area contributed by atoms with Crippen LogP contribution in [0.25, 0.3) is 0 Å². The molecule has 0 aliphatic heterocycles. The maximum Gasteiger partial charge on any atom is 0.119 e. The molecule has 0 heterocycles. The summed E-state index contributed by atoms with van der Waals surface area (Å²) in [6.07, 6.45) is 2.83. The molecule has 4 heteroatoms. The maximum atomic E-state index is 10.8. The Morgan fingerprint density at radius 2 is 2.30 bits per heavy atom. The molecule has 108 valence electrons. The van der Waals surface area contributed by atoms with E-state index in [-0.39, 0.29) is 0 Å². The average Bonchev–Trinajstić information content (AvgIpc) is 2.47. The molecule has 1 aliphatic rings. The molecule has 1 N–H and O–H groups in total. The van der Waals surface area contributed by atoms with E-state index in [0.29, 0.717) is 11.7 Å². The first-order chi connectivity index (χ1) is 9.52. The summed E-state index contributed by atoms with van der Waals surface area (Å²) in [7, 11) is 1.60. The van der Waals surface area contributed by atoms with Crippen LogP contribution in [0.3, 0.4) is 0 Å². The van der Waals surface area contributed by atoms with E-state index in [1.54, 1.807) is 7.11 Å². The lowest BCUT2D eigenvalue weighted by atomic mass is 9.66. The Labute approximate surface area is 128 Å². The number of hydrogen-bond donors (Lipinski definition) is 1. The lowest BCUT2D eigenvalue weighted by Crippen LogP contribution is -2.33. The summed E-state index contributed by atoms with van der Waals surface area (Å²) in [5.74, 6) is 1.17. The normalized spacial score (nSPS) is 27.6. The first kappa shape index (κ1) is 15.3. The predicted molar refractivity (Wildman–Crippen MR) is 81.3 cm³/mol. The summed E-state index contributed by atoms with van der Waals surface area (Å²) in [5, 5.41) is 20.5. The number of hydrogen-bond acceptors (Lipinski definition) is 3. The van der Waals surface area contributed by atoms with Crippen LogP contribution in [0.15, 0.2) is 22.7 Å². The quantitative estimate of drug-likeness (QED) is 0.898. The Bertz CT molecular complexity index is 526. The number of aliphatic hydroxyl groups excluding tert-OH is 1. The number of methoxy groups -OCH3 is 1. The molecule has 3 unspecified atom stereocenters. The molecular weight excluding hydrogens is 318 g/mol. The number of benzene rings is 1. The van der Waals surface area contributed by atoms with E-state index in [2.05, 4.69) is 28.9 Å². The van der Waals surface area contributed by atoms with Gasteiger partial charge in [-0.1, -0.05) is 35.7 Å². The molecule has 1 fully saturated rings. The van der Waals surface area contributed by atoms with Gasteiger partial charge in [0.15, 0.2) is 0 Å². The van der Waals surface area contributed by atoms with Crippen LogP contribution >= 0.6 is 15.9 Å². The summed E-state index contributed by atoms with van der Waals surface area (Å²) >= 11 is 3.47. The topological polar surface area (TPSA) is 53.2 Å². The van der Waals surface area contributed by atoms with Gasteiger partial charge in [-0.3, -0.25) is 0 Å². The summed E-state index contributed by atoms with van der Waals surface area (Å²) in [6.45, 7) is 2.15. The minimum absolute atomic E-state index is 0.474. The van der Waals surface area contributed by atoms with E-state index in [1.165, 1.54) is 0 Å². The molecule has 0 radical (unpaired) electrons. The summed E-state index contributed by atoms with van der Waals surface area (Å²) in [5.41, 5.74) is 0.0482. The van der Waals surface area contributed by atoms with Crippen LogP contribution in [0.4, 0.5) is 0 Å². The number of nitriles is 1. The zero-order valence-corrected chi connectivity index (χ0v) is 13.5. The summed E-state index contributed by atoms with van der Waals surface area (Å²) < 4.78 is 6.04. The second-order valence-corrected chi connectivity index (χ2v) is 6.61. The van der Waals surface area contributed by atoms with Crippen molar-refractivity contribution in [1.29, 1.82) is 5.26 Å². The number of ether oxygens (including phenoxy) is 1. The van der Waals surface area contributed by atoms with Gasteiger partial charge in [0.2, 0.25) is 0 Å². The molecule has 3 nitrogen and oxygen atoms in total. The van der Waals surface area contributed by atoms with Gasteiger partial charge in [0.1, 0.15) is 5.75 Å². The monoisotopic (exact) mass is 337 g/mol. The van der Waals surface area contributed by atoms with Crippen molar-refractivity contribution in [2.75, 3.05) is 7.11 Å². The Kier molecular flexibility index (Phi) is 4.72. The molecule has 1 aromatic carbocycles. The third-order valence-corrected chi connectivity index (χ3v) is 5.00. The fourth-order valence-corrected chi connectivity index (χ4v) is 3.62. The van der Waals surface area contributed by atoms with Crippen molar-refractivity contribution in [3.8, 4) is 11.8 Å². The van der Waals surface area contributed by atoms with Crippen LogP contribution < -0.4 is 4.74 Å². The molecule has 1 aliphatic carbocycles. The first-order valence-electron chi connectivity index (χ1n) is 6.95. The van der Waals surface area contributed by atoms with Gasteiger partial charge in [-0.05, 0) is 42.5 Å². The molecule has 1 aromatic rings. The van der Waals surface area contributed by atoms with Gasteiger partial charge in [0, 0.05) is 4.47 Å². The van der Waals surface area contributed by atoms with E-state index in [9.17, 15) is 10.4 Å². The highest BCUT2D eigenvalue weighted by Crippen LogP contribution is 2.49. The summed E-state index contributed by atoms with van der Waals surface area (Å²) in [4.78, 5) is 0. The Morgan fingerprint density at radius 3 is 2.90 bits per heavy atom. The highest BCUT2D eigenvalue weighted by Gasteiger charge is 2.43. The highest BCUT2D eigenvalue weighted by atomic mass is 79.9. The van der Waals surface area contributed by atoms with Crippen LogP contribution in [0, 0.1) is 22.7 Å². The second-order valence-electron chi connectivity index (χ2n) is 5.76. The number of aliphatic hydroxyl groups is 1. The minimum Gasteiger partial charge on any atom is -0.497 e. The van der Waals surface area contributed by atoms with E-state index in [0.717, 1.165) is 35.7 Å². The van der Waals surface area contributed by atoms with E-state index in [4.69, 9.17) is 4.74 Å². The van der Waals surface area contributed by atoms with Gasteiger partial charge < -0.3 is 9.84 Å². The van der Waals surface area contributed by atoms with Crippen molar-refractivity contribution in [3.05, 3.63) is 28.2 Å². The SMILES string of the molecule is COc1ccc(Br)c(C(O)C2(C#N)CCCC(C)C2)c1. The van der Waals surface area contributed by atoms with Crippen LogP contribution in [0.2, 0.25) is 0 Å². The number of halogens is 1. The molecular formula is C16H20BrNO2. The van der Waals surface area contributed by atoms with Gasteiger partial charge in [-0.2, -0.15) is 5.26 Å². The van der Waals surface area contributed by atoms with Gasteiger partial charge in [0.25, 0.3) is 0 Å². The smallest absolute Gasteiger partial charge is 0.119 e. The highest BCUT2D eigenvalue weighted by molar-refractivity contribution is 9.10. The van der Waals surface area contributed by atoms with E-state index < -0.39 is 11.5 Å². The zero-order chi connectivity index (χ0) is 14.8. The molecule has 0 spiro atoms. The van der Waals surface area contributed by atoms with E-state index in [1.807, 2.05) is 18.2 Å². The van der Waals surface area contributed by atoms with Crippen molar-refractivity contribution in [2.45, 2.75) is 38.7 Å². The summed E-state index contributed by atoms with van der Waals surface area (Å²) in [6, 6.07) is 7.90. The Morgan fingerprint density at radius 1 is 1.55 bits per heavy atom. The molecule has 0 bridgehead atoms. The zero-order valence-electron chi connectivity index (χ0n) is 11.9. The van der Waals surface area contributed by atoms with Crippen LogP contribution in [-0.2, 0) is 0 Å². The largest absolute Gasteiger partial charge is 0.497 e.